The van der Waals surface area contributed by atoms with Gasteiger partial charge in [-0.25, -0.2) is 0 Å². The molecule has 0 heterocycles. The van der Waals surface area contributed by atoms with Crippen LogP contribution in [0.4, 0.5) is 0 Å². The van der Waals surface area contributed by atoms with Crippen LogP contribution in [0.5, 0.6) is 0 Å². The summed E-state index contributed by atoms with van der Waals surface area (Å²) < 4.78 is 0. The summed E-state index contributed by atoms with van der Waals surface area (Å²) >= 11 is 4.65. The summed E-state index contributed by atoms with van der Waals surface area (Å²) in [5, 5.41) is 1.75. The van der Waals surface area contributed by atoms with E-state index in [1.165, 1.54) is 18.3 Å². The predicted molar refractivity (Wildman–Crippen MR) is 35.8 cm³/mol. The maximum absolute atomic E-state index is 5.10. The summed E-state index contributed by atoms with van der Waals surface area (Å²) in [4.78, 5) is 0. The first kappa shape index (κ1) is 5.94. The molecule has 0 atom stereocenters. The molecular formula is C4H9N3S. The molecule has 4 heteroatoms. The zero-order valence-corrected chi connectivity index (χ0v) is 5.32. The largest absolute Gasteiger partial charge is 0.289 e. The van der Waals surface area contributed by atoms with Gasteiger partial charge in [0, 0.05) is 6.04 Å². The van der Waals surface area contributed by atoms with Crippen molar-refractivity contribution in [3.05, 3.63) is 0 Å². The molecule has 0 unspecified atom stereocenters. The highest BCUT2D eigenvalue weighted by Gasteiger charge is 2.26. The van der Waals surface area contributed by atoms with E-state index in [0.717, 1.165) is 0 Å². The Kier molecular flexibility index (Phi) is 1.77. The van der Waals surface area contributed by atoms with Crippen LogP contribution in [-0.4, -0.2) is 16.5 Å². The highest BCUT2D eigenvalue weighted by atomic mass is 32.1. The van der Waals surface area contributed by atoms with E-state index in [9.17, 15) is 0 Å². The highest BCUT2D eigenvalue weighted by molar-refractivity contribution is 7.78. The molecule has 1 saturated carbocycles. The van der Waals surface area contributed by atoms with Gasteiger partial charge in [-0.1, -0.05) is 12.2 Å². The molecule has 8 heavy (non-hydrogen) atoms. The lowest BCUT2D eigenvalue weighted by Crippen LogP contribution is -2.42. The fraction of sp³-hybridized carbons (Fsp3) is 0.750. The quantitative estimate of drug-likeness (QED) is 0.316. The first-order valence-corrected chi connectivity index (χ1v) is 3.05. The van der Waals surface area contributed by atoms with Gasteiger partial charge in [0.15, 0.2) is 0 Å². The summed E-state index contributed by atoms with van der Waals surface area (Å²) in [5.74, 6) is 5.10. The van der Waals surface area contributed by atoms with Gasteiger partial charge in [0.25, 0.3) is 0 Å². The fourth-order valence-electron chi connectivity index (χ4n) is 0.575. The minimum atomic E-state index is 0.567. The SMILES string of the molecule is NNN(C=S)C1CC1. The van der Waals surface area contributed by atoms with Gasteiger partial charge in [-0.3, -0.25) is 10.9 Å². The van der Waals surface area contributed by atoms with Crippen molar-refractivity contribution in [2.75, 3.05) is 0 Å². The smallest absolute Gasteiger partial charge is 0.0804 e. The van der Waals surface area contributed by atoms with E-state index in [1.54, 1.807) is 5.01 Å². The summed E-state index contributed by atoms with van der Waals surface area (Å²) in [6.07, 6.45) is 2.41. The third-order valence-corrected chi connectivity index (χ3v) is 1.43. The monoisotopic (exact) mass is 131 g/mol. The molecule has 1 aliphatic rings. The molecular weight excluding hydrogens is 122 g/mol. The number of thiocarbonyl (C=S) groups is 1. The summed E-state index contributed by atoms with van der Waals surface area (Å²) in [6.45, 7) is 0. The number of nitrogens with two attached hydrogens (primary N) is 1. The zero-order chi connectivity index (χ0) is 5.98. The predicted octanol–water partition coefficient (Wildman–Crippen LogP) is -0.214. The molecule has 0 aromatic heterocycles. The lowest BCUT2D eigenvalue weighted by Gasteiger charge is -2.14. The summed E-state index contributed by atoms with van der Waals surface area (Å²) in [7, 11) is 0. The minimum absolute atomic E-state index is 0.567. The Bertz CT molecular complexity index is 91.3. The van der Waals surface area contributed by atoms with Crippen LogP contribution in [0.25, 0.3) is 0 Å². The molecule has 1 aliphatic carbocycles. The third kappa shape index (κ3) is 1.15. The lowest BCUT2D eigenvalue weighted by molar-refractivity contribution is 0.318. The number of hydrogen-bond donors (Lipinski definition) is 2. The van der Waals surface area contributed by atoms with E-state index in [-0.39, 0.29) is 0 Å². The molecule has 0 radical (unpaired) electrons. The summed E-state index contributed by atoms with van der Waals surface area (Å²) in [6, 6.07) is 0.567. The molecule has 0 spiro atoms. The van der Waals surface area contributed by atoms with Crippen LogP contribution < -0.4 is 11.4 Å². The number of nitrogens with one attached hydrogen (secondary N) is 1. The topological polar surface area (TPSA) is 41.3 Å². The zero-order valence-electron chi connectivity index (χ0n) is 4.50. The van der Waals surface area contributed by atoms with Crippen molar-refractivity contribution < 1.29 is 0 Å². The van der Waals surface area contributed by atoms with Crippen LogP contribution in [0.2, 0.25) is 0 Å². The molecule has 0 aromatic rings. The average Bonchev–Trinajstić information content (AvgIpc) is 2.53. The van der Waals surface area contributed by atoms with Crippen LogP contribution in [0.1, 0.15) is 12.8 Å². The second-order valence-corrected chi connectivity index (χ2v) is 2.08. The first-order valence-electron chi connectivity index (χ1n) is 2.58. The average molecular weight is 131 g/mol. The van der Waals surface area contributed by atoms with E-state index in [0.29, 0.717) is 6.04 Å². The van der Waals surface area contributed by atoms with E-state index in [2.05, 4.69) is 17.8 Å². The second-order valence-electron chi connectivity index (χ2n) is 1.87. The van der Waals surface area contributed by atoms with Gasteiger partial charge in [0.05, 0.1) is 5.49 Å². The molecule has 0 bridgehead atoms. The van der Waals surface area contributed by atoms with Crippen molar-refractivity contribution >= 4 is 17.7 Å². The number of hydrogen-bond acceptors (Lipinski definition) is 3. The van der Waals surface area contributed by atoms with Gasteiger partial charge >= 0.3 is 0 Å². The van der Waals surface area contributed by atoms with Crippen molar-refractivity contribution in [3.8, 4) is 0 Å². The molecule has 0 aliphatic heterocycles. The van der Waals surface area contributed by atoms with Gasteiger partial charge in [-0.05, 0) is 12.8 Å². The maximum Gasteiger partial charge on any atom is 0.0804 e. The van der Waals surface area contributed by atoms with Crippen LogP contribution in [0, 0.1) is 0 Å². The van der Waals surface area contributed by atoms with Crippen LogP contribution in [-0.2, 0) is 0 Å². The molecule has 46 valence electrons. The maximum atomic E-state index is 5.10. The Morgan fingerprint density at radius 2 is 2.38 bits per heavy atom. The Balaban J connectivity index is 2.25. The lowest BCUT2D eigenvalue weighted by atomic mass is 10.7. The molecule has 0 amide bonds. The summed E-state index contributed by atoms with van der Waals surface area (Å²) in [5.41, 5.74) is 4.03. The van der Waals surface area contributed by atoms with E-state index in [4.69, 9.17) is 5.84 Å². The Morgan fingerprint density at radius 3 is 2.50 bits per heavy atom. The molecule has 0 saturated heterocycles. The van der Waals surface area contributed by atoms with Crippen LogP contribution in [0.15, 0.2) is 0 Å². The standard InChI is InChI=1S/C4H9N3S/c5-6-7(3-8)4-1-2-4/h3-4,6H,1-2,5H2. The minimum Gasteiger partial charge on any atom is -0.289 e. The van der Waals surface area contributed by atoms with E-state index >= 15 is 0 Å². The van der Waals surface area contributed by atoms with Gasteiger partial charge in [0.2, 0.25) is 0 Å². The van der Waals surface area contributed by atoms with Crippen molar-refractivity contribution in [1.29, 1.82) is 0 Å². The van der Waals surface area contributed by atoms with Crippen molar-refractivity contribution in [1.82, 2.24) is 10.5 Å². The molecule has 0 aromatic carbocycles. The Morgan fingerprint density at radius 1 is 1.75 bits per heavy atom. The molecule has 3 nitrogen and oxygen atoms in total. The Labute approximate surface area is 53.8 Å². The fourth-order valence-corrected chi connectivity index (χ4v) is 0.808. The van der Waals surface area contributed by atoms with Crippen molar-refractivity contribution in [2.24, 2.45) is 5.84 Å². The van der Waals surface area contributed by atoms with Gasteiger partial charge in [0.1, 0.15) is 0 Å². The van der Waals surface area contributed by atoms with Crippen LogP contribution in [0.3, 0.4) is 0 Å². The van der Waals surface area contributed by atoms with Gasteiger partial charge < -0.3 is 0 Å². The van der Waals surface area contributed by atoms with E-state index in [1.807, 2.05) is 0 Å². The second kappa shape index (κ2) is 2.39. The molecule has 1 fully saturated rings. The number of rotatable bonds is 3. The first-order chi connectivity index (χ1) is 3.88. The normalized spacial score (nSPS) is 18.1. The van der Waals surface area contributed by atoms with Gasteiger partial charge in [-0.2, -0.15) is 5.53 Å². The number of hydrazine groups is 2. The molecule has 3 N–H and O–H groups in total. The van der Waals surface area contributed by atoms with E-state index < -0.39 is 0 Å². The molecule has 1 rings (SSSR count). The van der Waals surface area contributed by atoms with Crippen LogP contribution >= 0.6 is 12.2 Å². The van der Waals surface area contributed by atoms with Gasteiger partial charge in [-0.15, -0.1) is 0 Å². The number of nitrogens with zero attached hydrogens (tertiary/aromatic N) is 1. The van der Waals surface area contributed by atoms with Crippen molar-refractivity contribution in [3.63, 3.8) is 0 Å². The Hall–Kier alpha value is -0.190. The van der Waals surface area contributed by atoms with Crippen molar-refractivity contribution in [2.45, 2.75) is 18.9 Å². The highest BCUT2D eigenvalue weighted by Crippen LogP contribution is 2.23. The third-order valence-electron chi connectivity index (χ3n) is 1.20.